The van der Waals surface area contributed by atoms with Crippen molar-refractivity contribution in [3.05, 3.63) is 33.4 Å². The molecule has 0 aromatic heterocycles. The average molecular weight is 298 g/mol. The highest BCUT2D eigenvalue weighted by molar-refractivity contribution is 5.72. The van der Waals surface area contributed by atoms with Gasteiger partial charge in [-0.15, -0.1) is 0 Å². The van der Waals surface area contributed by atoms with Crippen molar-refractivity contribution in [2.75, 3.05) is 0 Å². The van der Waals surface area contributed by atoms with Crippen molar-refractivity contribution in [1.29, 1.82) is 10.5 Å². The van der Waals surface area contributed by atoms with Crippen LogP contribution in [0.25, 0.3) is 0 Å². The molecule has 0 spiro atoms. The van der Waals surface area contributed by atoms with E-state index in [0.717, 1.165) is 0 Å². The Kier molecular flexibility index (Phi) is 5.32. The molecule has 22 heavy (non-hydrogen) atoms. The molecule has 0 aliphatic rings. The maximum absolute atomic E-state index is 11.4. The first-order chi connectivity index (χ1) is 10.2. The van der Waals surface area contributed by atoms with Crippen LogP contribution in [0.1, 0.15) is 36.1 Å². The fraction of sp³-hybridized carbons (Fsp3) is 0.353. The zero-order valence-corrected chi connectivity index (χ0v) is 13.4. The predicted molar refractivity (Wildman–Crippen MR) is 81.3 cm³/mol. The fourth-order valence-corrected chi connectivity index (χ4v) is 2.23. The SMILES string of the molecule is CC(=O)Oc1c(C)c(C)c(O)c(C)c1CC(C)=C(C#N)C#N. The summed E-state index contributed by atoms with van der Waals surface area (Å²) in [6.45, 7) is 8.19. The van der Waals surface area contributed by atoms with Crippen LogP contribution in [-0.2, 0) is 11.2 Å². The van der Waals surface area contributed by atoms with Crippen molar-refractivity contribution >= 4 is 5.97 Å². The highest BCUT2D eigenvalue weighted by Gasteiger charge is 2.20. The third-order valence-corrected chi connectivity index (χ3v) is 3.68. The van der Waals surface area contributed by atoms with E-state index in [-0.39, 0.29) is 17.7 Å². The molecule has 0 unspecified atom stereocenters. The molecule has 0 aliphatic carbocycles. The largest absolute Gasteiger partial charge is 0.507 e. The van der Waals surface area contributed by atoms with Gasteiger partial charge in [-0.1, -0.05) is 0 Å². The third-order valence-electron chi connectivity index (χ3n) is 3.68. The summed E-state index contributed by atoms with van der Waals surface area (Å²) in [5.74, 6) is 0.0535. The molecule has 0 fully saturated rings. The first kappa shape index (κ1) is 17.3. The molecule has 0 atom stereocenters. The van der Waals surface area contributed by atoms with Crippen LogP contribution in [0.5, 0.6) is 11.5 Å². The topological polar surface area (TPSA) is 94.1 Å². The van der Waals surface area contributed by atoms with Crippen molar-refractivity contribution in [2.24, 2.45) is 0 Å². The molecule has 0 saturated carbocycles. The summed E-state index contributed by atoms with van der Waals surface area (Å²) in [5, 5.41) is 28.1. The summed E-state index contributed by atoms with van der Waals surface area (Å²) in [6.07, 6.45) is 0.250. The van der Waals surface area contributed by atoms with E-state index >= 15 is 0 Å². The van der Waals surface area contributed by atoms with E-state index in [2.05, 4.69) is 0 Å². The van der Waals surface area contributed by atoms with E-state index < -0.39 is 5.97 Å². The van der Waals surface area contributed by atoms with E-state index in [9.17, 15) is 9.90 Å². The molecule has 1 aromatic carbocycles. The van der Waals surface area contributed by atoms with Crippen molar-refractivity contribution < 1.29 is 14.6 Å². The van der Waals surface area contributed by atoms with Crippen LogP contribution in [0.15, 0.2) is 11.1 Å². The van der Waals surface area contributed by atoms with Crippen LogP contribution in [0.4, 0.5) is 0 Å². The fourth-order valence-electron chi connectivity index (χ4n) is 2.23. The molecule has 0 radical (unpaired) electrons. The van der Waals surface area contributed by atoms with Crippen LogP contribution in [0.2, 0.25) is 0 Å². The molecular formula is C17H18N2O3. The number of phenols is 1. The molecule has 0 saturated heterocycles. The van der Waals surface area contributed by atoms with Crippen molar-refractivity contribution in [3.63, 3.8) is 0 Å². The van der Waals surface area contributed by atoms with Gasteiger partial charge in [0.1, 0.15) is 29.2 Å². The molecule has 1 N–H and O–H groups in total. The van der Waals surface area contributed by atoms with E-state index in [1.54, 1.807) is 27.7 Å². The van der Waals surface area contributed by atoms with Crippen LogP contribution in [-0.4, -0.2) is 11.1 Å². The average Bonchev–Trinajstić information content (AvgIpc) is 2.47. The third kappa shape index (κ3) is 3.27. The van der Waals surface area contributed by atoms with Crippen LogP contribution < -0.4 is 4.74 Å². The monoisotopic (exact) mass is 298 g/mol. The highest BCUT2D eigenvalue weighted by Crippen LogP contribution is 2.38. The first-order valence-electron chi connectivity index (χ1n) is 6.74. The number of allylic oxidation sites excluding steroid dienone is 2. The molecule has 0 heterocycles. The predicted octanol–water partition coefficient (Wildman–Crippen LogP) is 3.15. The summed E-state index contributed by atoms with van der Waals surface area (Å²) in [7, 11) is 0. The molecule has 0 amide bonds. The van der Waals surface area contributed by atoms with E-state index in [1.807, 2.05) is 12.1 Å². The first-order valence-corrected chi connectivity index (χ1v) is 6.74. The summed E-state index contributed by atoms with van der Waals surface area (Å²) in [4.78, 5) is 11.4. The van der Waals surface area contributed by atoms with E-state index in [4.69, 9.17) is 15.3 Å². The van der Waals surface area contributed by atoms with Gasteiger partial charge in [-0.3, -0.25) is 4.79 Å². The molecule has 5 nitrogen and oxygen atoms in total. The smallest absolute Gasteiger partial charge is 0.308 e. The van der Waals surface area contributed by atoms with Gasteiger partial charge in [0.25, 0.3) is 0 Å². The molecule has 114 valence electrons. The number of benzene rings is 1. The lowest BCUT2D eigenvalue weighted by Crippen LogP contribution is -2.09. The lowest BCUT2D eigenvalue weighted by molar-refractivity contribution is -0.132. The molecule has 1 aromatic rings. The Morgan fingerprint density at radius 3 is 2.09 bits per heavy atom. The number of nitrogens with zero attached hydrogens (tertiary/aromatic N) is 2. The number of rotatable bonds is 3. The maximum Gasteiger partial charge on any atom is 0.308 e. The summed E-state index contributed by atoms with van der Waals surface area (Å²) in [6, 6.07) is 3.68. The standard InChI is InChI=1S/C17H18N2O3/c1-9(14(7-18)8-19)6-15-12(4)16(21)10(2)11(3)17(15)22-13(5)20/h21H,6H2,1-5H3. The maximum atomic E-state index is 11.4. The Morgan fingerprint density at radius 2 is 1.64 bits per heavy atom. The lowest BCUT2D eigenvalue weighted by atomic mass is 9.92. The number of hydrogen-bond donors (Lipinski definition) is 1. The number of aromatic hydroxyl groups is 1. The number of nitriles is 2. The molecule has 0 aliphatic heterocycles. The number of hydrogen-bond acceptors (Lipinski definition) is 5. The van der Waals surface area contributed by atoms with Crippen LogP contribution in [0, 0.1) is 43.4 Å². The Morgan fingerprint density at radius 1 is 1.09 bits per heavy atom. The molecule has 5 heteroatoms. The van der Waals surface area contributed by atoms with Gasteiger partial charge in [-0.05, 0) is 56.4 Å². The lowest BCUT2D eigenvalue weighted by Gasteiger charge is -2.19. The Balaban J connectivity index is 3.60. The minimum atomic E-state index is -0.462. The van der Waals surface area contributed by atoms with Crippen LogP contribution in [0.3, 0.4) is 0 Å². The normalized spacial score (nSPS) is 9.59. The van der Waals surface area contributed by atoms with Crippen LogP contribution >= 0.6 is 0 Å². The van der Waals surface area contributed by atoms with Gasteiger partial charge in [0.2, 0.25) is 0 Å². The number of esters is 1. The van der Waals surface area contributed by atoms with Gasteiger partial charge >= 0.3 is 5.97 Å². The number of ether oxygens (including phenoxy) is 1. The second-order valence-electron chi connectivity index (χ2n) is 5.18. The molecule has 1 rings (SSSR count). The molecular weight excluding hydrogens is 280 g/mol. The van der Waals surface area contributed by atoms with Gasteiger partial charge in [0.05, 0.1) is 0 Å². The Hall–Kier alpha value is -2.79. The summed E-state index contributed by atoms with van der Waals surface area (Å²) in [5.41, 5.74) is 3.07. The van der Waals surface area contributed by atoms with Gasteiger partial charge in [0, 0.05) is 12.5 Å². The van der Waals surface area contributed by atoms with Crippen molar-refractivity contribution in [2.45, 2.75) is 41.0 Å². The Bertz CT molecular complexity index is 731. The molecule has 0 bridgehead atoms. The van der Waals surface area contributed by atoms with Crippen molar-refractivity contribution in [3.8, 4) is 23.6 Å². The quantitative estimate of drug-likeness (QED) is 0.525. The van der Waals surface area contributed by atoms with Gasteiger partial charge < -0.3 is 9.84 Å². The van der Waals surface area contributed by atoms with E-state index in [1.165, 1.54) is 6.92 Å². The summed E-state index contributed by atoms with van der Waals surface area (Å²) >= 11 is 0. The van der Waals surface area contributed by atoms with Gasteiger partial charge in [0.15, 0.2) is 0 Å². The van der Waals surface area contributed by atoms with Gasteiger partial charge in [-0.25, -0.2) is 0 Å². The minimum absolute atomic E-state index is 0.0193. The second kappa shape index (κ2) is 6.78. The van der Waals surface area contributed by atoms with Gasteiger partial charge in [-0.2, -0.15) is 10.5 Å². The summed E-state index contributed by atoms with van der Waals surface area (Å²) < 4.78 is 5.30. The number of carbonyl (C=O) groups excluding carboxylic acids is 1. The minimum Gasteiger partial charge on any atom is -0.507 e. The number of carbonyl (C=O) groups is 1. The van der Waals surface area contributed by atoms with E-state index in [0.29, 0.717) is 33.6 Å². The number of phenolic OH excluding ortho intramolecular Hbond substituents is 1. The zero-order chi connectivity index (χ0) is 17.0. The highest BCUT2D eigenvalue weighted by atomic mass is 16.5. The second-order valence-corrected chi connectivity index (χ2v) is 5.18. The zero-order valence-electron chi connectivity index (χ0n) is 13.4. The van der Waals surface area contributed by atoms with Crippen molar-refractivity contribution in [1.82, 2.24) is 0 Å². The Labute approximate surface area is 130 Å².